The predicted octanol–water partition coefficient (Wildman–Crippen LogP) is 4.25. The summed E-state index contributed by atoms with van der Waals surface area (Å²) in [5.41, 5.74) is 0.573. The number of nitrogens with zero attached hydrogens (tertiary/aromatic N) is 2. The lowest BCUT2D eigenvalue weighted by molar-refractivity contribution is -0.274. The molecule has 4 nitrogen and oxygen atoms in total. The molecule has 0 aliphatic heterocycles. The monoisotopic (exact) mass is 397 g/mol. The molecule has 146 valence electrons. The third-order valence-corrected chi connectivity index (χ3v) is 5.43. The number of guanidine groups is 1. The second-order valence-corrected chi connectivity index (χ2v) is 7.51. The summed E-state index contributed by atoms with van der Waals surface area (Å²) in [6.45, 7) is 0.811. The Hall–Kier alpha value is -2.22. The molecule has 0 amide bonds. The summed E-state index contributed by atoms with van der Waals surface area (Å²) in [6, 6.07) is 10.5. The van der Waals surface area contributed by atoms with Gasteiger partial charge in [-0.15, -0.1) is 24.5 Å². The molecule has 8 heteroatoms. The van der Waals surface area contributed by atoms with E-state index in [1.807, 2.05) is 18.0 Å². The van der Waals surface area contributed by atoms with Crippen LogP contribution in [0.2, 0.25) is 0 Å². The van der Waals surface area contributed by atoms with Gasteiger partial charge in [-0.1, -0.05) is 24.3 Å². The zero-order valence-electron chi connectivity index (χ0n) is 15.2. The standard InChI is InChI=1S/C19H22F3N3OS/c1-23-18(25(2)10-9-13-6-5-11-27-13)24-16-12-15(16)14-7-3-4-8-17(14)26-19(20,21)22/h3-8,11,15-16H,9-10,12H2,1-2H3,(H,23,24). The number of thiophene rings is 1. The summed E-state index contributed by atoms with van der Waals surface area (Å²) in [4.78, 5) is 7.64. The van der Waals surface area contributed by atoms with Crippen LogP contribution in [0.3, 0.4) is 0 Å². The minimum Gasteiger partial charge on any atom is -0.405 e. The molecule has 1 aliphatic carbocycles. The van der Waals surface area contributed by atoms with Gasteiger partial charge in [0.25, 0.3) is 0 Å². The normalized spacial score (nSPS) is 19.7. The molecule has 1 aromatic carbocycles. The highest BCUT2D eigenvalue weighted by Gasteiger charge is 2.42. The summed E-state index contributed by atoms with van der Waals surface area (Å²) in [5.74, 6) is 0.597. The zero-order chi connectivity index (χ0) is 19.4. The van der Waals surface area contributed by atoms with E-state index in [1.54, 1.807) is 36.6 Å². The Labute approximate surface area is 160 Å². The lowest BCUT2D eigenvalue weighted by Crippen LogP contribution is -2.41. The van der Waals surface area contributed by atoms with Crippen LogP contribution in [0, 0.1) is 0 Å². The minimum absolute atomic E-state index is 0.0222. The average Bonchev–Trinajstić information content (AvgIpc) is 3.17. The largest absolute Gasteiger partial charge is 0.573 e. The second-order valence-electron chi connectivity index (χ2n) is 6.48. The van der Waals surface area contributed by atoms with Crippen LogP contribution in [0.4, 0.5) is 13.2 Å². The Morgan fingerprint density at radius 3 is 2.74 bits per heavy atom. The van der Waals surface area contributed by atoms with Gasteiger partial charge >= 0.3 is 6.36 Å². The van der Waals surface area contributed by atoms with Crippen molar-refractivity contribution in [2.45, 2.75) is 31.2 Å². The van der Waals surface area contributed by atoms with Gasteiger partial charge in [-0.05, 0) is 35.9 Å². The summed E-state index contributed by atoms with van der Waals surface area (Å²) >= 11 is 1.72. The Morgan fingerprint density at radius 1 is 1.30 bits per heavy atom. The topological polar surface area (TPSA) is 36.9 Å². The SMILES string of the molecule is CN=C(NC1CC1c1ccccc1OC(F)(F)F)N(C)CCc1cccs1. The number of aliphatic imine (C=N–C) groups is 1. The van der Waals surface area contributed by atoms with Crippen LogP contribution in [0.1, 0.15) is 22.8 Å². The van der Waals surface area contributed by atoms with Gasteiger partial charge in [-0.2, -0.15) is 0 Å². The van der Waals surface area contributed by atoms with Crippen molar-refractivity contribution in [2.75, 3.05) is 20.6 Å². The molecule has 0 bridgehead atoms. The van der Waals surface area contributed by atoms with E-state index in [0.29, 0.717) is 5.56 Å². The number of alkyl halides is 3. The fraction of sp³-hybridized carbons (Fsp3) is 0.421. The molecule has 1 N–H and O–H groups in total. The first kappa shape index (κ1) is 19.5. The van der Waals surface area contributed by atoms with E-state index in [1.165, 1.54) is 10.9 Å². The van der Waals surface area contributed by atoms with Gasteiger partial charge in [0.1, 0.15) is 5.75 Å². The zero-order valence-corrected chi connectivity index (χ0v) is 16.0. The average molecular weight is 397 g/mol. The van der Waals surface area contributed by atoms with E-state index in [-0.39, 0.29) is 17.7 Å². The molecule has 1 heterocycles. The fourth-order valence-corrected chi connectivity index (χ4v) is 3.75. The molecular formula is C19H22F3N3OS. The summed E-state index contributed by atoms with van der Waals surface area (Å²) < 4.78 is 42.0. The van der Waals surface area contributed by atoms with Crippen molar-refractivity contribution < 1.29 is 17.9 Å². The van der Waals surface area contributed by atoms with Gasteiger partial charge in [-0.25, -0.2) is 0 Å². The molecule has 1 saturated carbocycles. The van der Waals surface area contributed by atoms with Crippen LogP contribution in [0.25, 0.3) is 0 Å². The lowest BCUT2D eigenvalue weighted by Gasteiger charge is -2.22. The number of likely N-dealkylation sites (N-methyl/N-ethyl adjacent to an activating group) is 1. The van der Waals surface area contributed by atoms with Crippen molar-refractivity contribution in [1.29, 1.82) is 0 Å². The molecular weight excluding hydrogens is 375 g/mol. The summed E-state index contributed by atoms with van der Waals surface area (Å²) in [6.07, 6.45) is -3.02. The Kier molecular flexibility index (Phi) is 5.94. The number of para-hydroxylation sites is 1. The van der Waals surface area contributed by atoms with Gasteiger partial charge in [0.2, 0.25) is 0 Å². The highest BCUT2D eigenvalue weighted by atomic mass is 32.1. The molecule has 2 aromatic rings. The quantitative estimate of drug-likeness (QED) is 0.585. The molecule has 1 fully saturated rings. The van der Waals surface area contributed by atoms with Crippen LogP contribution >= 0.6 is 11.3 Å². The number of halogens is 3. The lowest BCUT2D eigenvalue weighted by atomic mass is 10.1. The molecule has 0 radical (unpaired) electrons. The van der Waals surface area contributed by atoms with Crippen molar-refractivity contribution in [3.63, 3.8) is 0 Å². The Morgan fingerprint density at radius 2 is 2.07 bits per heavy atom. The molecule has 2 atom stereocenters. The van der Waals surface area contributed by atoms with Crippen LogP contribution in [0.15, 0.2) is 46.8 Å². The molecule has 0 spiro atoms. The van der Waals surface area contributed by atoms with Crippen molar-refractivity contribution in [3.05, 3.63) is 52.2 Å². The van der Waals surface area contributed by atoms with Gasteiger partial charge in [0, 0.05) is 37.5 Å². The summed E-state index contributed by atoms with van der Waals surface area (Å²) in [7, 11) is 3.67. The van der Waals surface area contributed by atoms with Crippen molar-refractivity contribution in [1.82, 2.24) is 10.2 Å². The maximum Gasteiger partial charge on any atom is 0.573 e. The van der Waals surface area contributed by atoms with Crippen molar-refractivity contribution in [3.8, 4) is 5.75 Å². The molecule has 1 aliphatic rings. The summed E-state index contributed by atoms with van der Waals surface area (Å²) in [5, 5.41) is 5.40. The molecule has 0 saturated heterocycles. The van der Waals surface area contributed by atoms with Gasteiger partial charge in [-0.3, -0.25) is 4.99 Å². The fourth-order valence-electron chi connectivity index (χ4n) is 3.05. The Bertz CT molecular complexity index is 777. The van der Waals surface area contributed by atoms with Crippen LogP contribution in [-0.2, 0) is 6.42 Å². The third-order valence-electron chi connectivity index (χ3n) is 4.50. The number of hydrogen-bond acceptors (Lipinski definition) is 3. The van der Waals surface area contributed by atoms with Crippen molar-refractivity contribution in [2.24, 2.45) is 4.99 Å². The van der Waals surface area contributed by atoms with E-state index < -0.39 is 6.36 Å². The van der Waals surface area contributed by atoms with E-state index in [2.05, 4.69) is 26.5 Å². The maximum absolute atomic E-state index is 12.6. The van der Waals surface area contributed by atoms with Gasteiger partial charge in [0.15, 0.2) is 5.96 Å². The van der Waals surface area contributed by atoms with Crippen molar-refractivity contribution >= 4 is 17.3 Å². The highest BCUT2D eigenvalue weighted by molar-refractivity contribution is 7.09. The van der Waals surface area contributed by atoms with Gasteiger partial charge in [0.05, 0.1) is 0 Å². The van der Waals surface area contributed by atoms with Crippen LogP contribution in [0.5, 0.6) is 5.75 Å². The first-order valence-electron chi connectivity index (χ1n) is 8.69. The smallest absolute Gasteiger partial charge is 0.405 e. The van der Waals surface area contributed by atoms with E-state index in [4.69, 9.17) is 0 Å². The second kappa shape index (κ2) is 8.21. The molecule has 3 rings (SSSR count). The van der Waals surface area contributed by atoms with Crippen LogP contribution in [-0.4, -0.2) is 43.9 Å². The predicted molar refractivity (Wildman–Crippen MR) is 101 cm³/mol. The molecule has 1 aromatic heterocycles. The third kappa shape index (κ3) is 5.38. The molecule has 27 heavy (non-hydrogen) atoms. The molecule has 2 unspecified atom stereocenters. The van der Waals surface area contributed by atoms with E-state index >= 15 is 0 Å². The van der Waals surface area contributed by atoms with E-state index in [0.717, 1.165) is 25.3 Å². The first-order valence-corrected chi connectivity index (χ1v) is 9.57. The van der Waals surface area contributed by atoms with Crippen LogP contribution < -0.4 is 10.1 Å². The minimum atomic E-state index is -4.69. The Balaban J connectivity index is 1.58. The van der Waals surface area contributed by atoms with E-state index in [9.17, 15) is 13.2 Å². The number of hydrogen-bond donors (Lipinski definition) is 1. The number of ether oxygens (including phenoxy) is 1. The number of rotatable bonds is 6. The first-order chi connectivity index (χ1) is 12.9. The number of benzene rings is 1. The number of nitrogens with one attached hydrogen (secondary N) is 1. The maximum atomic E-state index is 12.6. The van der Waals surface area contributed by atoms with Gasteiger partial charge < -0.3 is 15.0 Å². The highest BCUT2D eigenvalue weighted by Crippen LogP contribution is 2.45.